The van der Waals surface area contributed by atoms with E-state index in [-0.39, 0.29) is 29.5 Å². The van der Waals surface area contributed by atoms with Gasteiger partial charge in [-0.2, -0.15) is 13.2 Å². The quantitative estimate of drug-likeness (QED) is 0.367. The van der Waals surface area contributed by atoms with Crippen LogP contribution in [0.3, 0.4) is 0 Å². The average Bonchev–Trinajstić information content (AvgIpc) is 3.09. The number of Topliss-reactive ketones (excluding diaryl/α,β-unsaturated/α-hetero) is 1. The molecule has 0 aliphatic carbocycles. The van der Waals surface area contributed by atoms with E-state index >= 15 is 0 Å². The van der Waals surface area contributed by atoms with E-state index in [1.165, 1.54) is 29.9 Å². The van der Waals surface area contributed by atoms with E-state index in [2.05, 4.69) is 25.5 Å². The predicted octanol–water partition coefficient (Wildman–Crippen LogP) is 5.55. The van der Waals surface area contributed by atoms with E-state index in [0.717, 1.165) is 11.8 Å². The lowest BCUT2D eigenvalue weighted by Gasteiger charge is -2.19. The van der Waals surface area contributed by atoms with Gasteiger partial charge in [0.1, 0.15) is 12.4 Å². The van der Waals surface area contributed by atoms with Crippen molar-refractivity contribution in [2.45, 2.75) is 38.9 Å². The van der Waals surface area contributed by atoms with Crippen LogP contribution in [-0.4, -0.2) is 36.2 Å². The van der Waals surface area contributed by atoms with Crippen LogP contribution in [0.25, 0.3) is 10.9 Å². The lowest BCUT2D eigenvalue weighted by molar-refractivity contribution is -0.0884. The summed E-state index contributed by atoms with van der Waals surface area (Å²) in [6.45, 7) is 6.63. The first-order valence-electron chi connectivity index (χ1n) is 9.98. The van der Waals surface area contributed by atoms with Crippen LogP contribution in [0.4, 0.5) is 13.2 Å². The van der Waals surface area contributed by atoms with E-state index in [0.29, 0.717) is 11.3 Å². The van der Waals surface area contributed by atoms with Gasteiger partial charge < -0.3 is 14.0 Å². The smallest absolute Gasteiger partial charge is 0.454 e. The monoisotopic (exact) mass is 447 g/mol. The maximum atomic E-state index is 13.1. The van der Waals surface area contributed by atoms with Gasteiger partial charge in [0.2, 0.25) is 0 Å². The van der Waals surface area contributed by atoms with Crippen LogP contribution < -0.4 is 4.74 Å². The molecule has 0 amide bonds. The molecule has 1 aromatic heterocycles. The van der Waals surface area contributed by atoms with Gasteiger partial charge in [-0.05, 0) is 35.2 Å². The fraction of sp³-hybridized carbons (Fsp3) is 0.333. The second-order valence-electron chi connectivity index (χ2n) is 8.41. The van der Waals surface area contributed by atoms with Crippen LogP contribution in [-0.2, 0) is 16.7 Å². The molecule has 0 unspecified atom stereocenters. The molecule has 0 bridgehead atoms. The number of hydrogen-bond acceptors (Lipinski definition) is 4. The zero-order valence-electron chi connectivity index (χ0n) is 18.2. The zero-order chi connectivity index (χ0) is 23.7. The number of esters is 1. The molecular weight excluding hydrogens is 423 g/mol. The van der Waals surface area contributed by atoms with Gasteiger partial charge in [0.25, 0.3) is 5.78 Å². The molecule has 0 aliphatic heterocycles. The maximum absolute atomic E-state index is 13.1. The van der Waals surface area contributed by atoms with Crippen molar-refractivity contribution in [2.75, 3.05) is 13.7 Å². The van der Waals surface area contributed by atoms with Gasteiger partial charge >= 0.3 is 12.1 Å². The number of halogens is 3. The van der Waals surface area contributed by atoms with E-state index < -0.39 is 23.5 Å². The Morgan fingerprint density at radius 3 is 2.22 bits per heavy atom. The number of nitrogens with zero attached hydrogens (tertiary/aromatic N) is 1. The molecule has 0 saturated heterocycles. The van der Waals surface area contributed by atoms with Crippen LogP contribution in [0.1, 0.15) is 47.1 Å². The molecule has 0 saturated carbocycles. The van der Waals surface area contributed by atoms with E-state index in [4.69, 9.17) is 4.74 Å². The standard InChI is InChI=1S/C24H24F3NO4/c1-23(2,3)16-6-8-17(9-7-16)32-12-11-28-14-19(21(29)24(25,26)27)18-10-5-15(13-20(18)28)22(30)31-4/h5-10,13-14H,11-12H2,1-4H3. The van der Waals surface area contributed by atoms with Gasteiger partial charge in [0.05, 0.1) is 24.8 Å². The highest BCUT2D eigenvalue weighted by atomic mass is 19.4. The topological polar surface area (TPSA) is 57.5 Å². The molecule has 3 rings (SSSR count). The number of hydrogen-bond donors (Lipinski definition) is 0. The Balaban J connectivity index is 1.87. The first-order valence-corrected chi connectivity index (χ1v) is 9.98. The molecule has 0 atom stereocenters. The minimum absolute atomic E-state index is 0.00134. The largest absolute Gasteiger partial charge is 0.492 e. The summed E-state index contributed by atoms with van der Waals surface area (Å²) >= 11 is 0. The highest BCUT2D eigenvalue weighted by Gasteiger charge is 2.40. The molecule has 170 valence electrons. The first kappa shape index (κ1) is 23.4. The Hall–Kier alpha value is -3.29. The summed E-state index contributed by atoms with van der Waals surface area (Å²) in [5.41, 5.74) is 1.16. The van der Waals surface area contributed by atoms with Gasteiger partial charge in [-0.15, -0.1) is 0 Å². The van der Waals surface area contributed by atoms with Gasteiger partial charge in [0, 0.05) is 17.1 Å². The minimum Gasteiger partial charge on any atom is -0.492 e. The van der Waals surface area contributed by atoms with E-state index in [9.17, 15) is 22.8 Å². The number of fused-ring (bicyclic) bond motifs is 1. The third-order valence-electron chi connectivity index (χ3n) is 5.13. The molecule has 0 radical (unpaired) electrons. The van der Waals surface area contributed by atoms with E-state index in [1.807, 2.05) is 24.3 Å². The van der Waals surface area contributed by atoms with Crippen LogP contribution >= 0.6 is 0 Å². The van der Waals surface area contributed by atoms with Crippen molar-refractivity contribution < 1.29 is 32.2 Å². The van der Waals surface area contributed by atoms with Crippen LogP contribution in [0.2, 0.25) is 0 Å². The van der Waals surface area contributed by atoms with Gasteiger partial charge in [-0.25, -0.2) is 4.79 Å². The fourth-order valence-corrected chi connectivity index (χ4v) is 3.37. The third kappa shape index (κ3) is 4.95. The number of ether oxygens (including phenoxy) is 2. The Morgan fingerprint density at radius 1 is 1.00 bits per heavy atom. The zero-order valence-corrected chi connectivity index (χ0v) is 18.2. The van der Waals surface area contributed by atoms with Crippen molar-refractivity contribution in [3.8, 4) is 5.75 Å². The number of aromatic nitrogens is 1. The summed E-state index contributed by atoms with van der Waals surface area (Å²) < 4.78 is 51.1. The Labute approximate surface area is 183 Å². The van der Waals surface area contributed by atoms with Crippen molar-refractivity contribution in [2.24, 2.45) is 0 Å². The van der Waals surface area contributed by atoms with Gasteiger partial charge in [0.15, 0.2) is 0 Å². The van der Waals surface area contributed by atoms with Crippen LogP contribution in [0, 0.1) is 0 Å². The van der Waals surface area contributed by atoms with Crippen molar-refractivity contribution in [1.29, 1.82) is 0 Å². The van der Waals surface area contributed by atoms with Gasteiger partial charge in [-0.1, -0.05) is 39.0 Å². The number of rotatable bonds is 6. The second kappa shape index (κ2) is 8.68. The SMILES string of the molecule is COC(=O)c1ccc2c(C(=O)C(F)(F)F)cn(CCOc3ccc(C(C)(C)C)cc3)c2c1. The number of carbonyl (C=O) groups is 2. The van der Waals surface area contributed by atoms with E-state index in [1.54, 1.807) is 0 Å². The van der Waals surface area contributed by atoms with Crippen LogP contribution in [0.5, 0.6) is 5.75 Å². The summed E-state index contributed by atoms with van der Waals surface area (Å²) in [5.74, 6) is -1.94. The molecule has 5 nitrogen and oxygen atoms in total. The molecule has 0 aliphatic rings. The minimum atomic E-state index is -5.01. The Kier molecular flexibility index (Phi) is 6.34. The highest BCUT2D eigenvalue weighted by molar-refractivity contribution is 6.11. The molecule has 0 fully saturated rings. The van der Waals surface area contributed by atoms with Crippen LogP contribution in [0.15, 0.2) is 48.7 Å². The number of benzene rings is 2. The average molecular weight is 447 g/mol. The molecule has 2 aromatic carbocycles. The summed E-state index contributed by atoms with van der Waals surface area (Å²) in [5, 5.41) is 0.106. The fourth-order valence-electron chi connectivity index (χ4n) is 3.37. The molecule has 3 aromatic rings. The molecule has 0 N–H and O–H groups in total. The first-order chi connectivity index (χ1) is 14.9. The maximum Gasteiger partial charge on any atom is 0.454 e. The lowest BCUT2D eigenvalue weighted by Crippen LogP contribution is -2.22. The number of carbonyl (C=O) groups excluding carboxylic acids is 2. The molecule has 1 heterocycles. The second-order valence-corrected chi connectivity index (χ2v) is 8.41. The third-order valence-corrected chi connectivity index (χ3v) is 5.13. The summed E-state index contributed by atoms with van der Waals surface area (Å²) in [7, 11) is 1.21. The Morgan fingerprint density at radius 2 is 1.66 bits per heavy atom. The molecule has 32 heavy (non-hydrogen) atoms. The lowest BCUT2D eigenvalue weighted by atomic mass is 9.87. The number of ketones is 1. The predicted molar refractivity (Wildman–Crippen MR) is 114 cm³/mol. The summed E-state index contributed by atoms with van der Waals surface area (Å²) in [4.78, 5) is 23.8. The van der Waals surface area contributed by atoms with Gasteiger partial charge in [-0.3, -0.25) is 4.79 Å². The summed E-state index contributed by atoms with van der Waals surface area (Å²) in [6, 6.07) is 11.7. The molecule has 0 spiro atoms. The summed E-state index contributed by atoms with van der Waals surface area (Å²) in [6.07, 6.45) is -3.86. The van der Waals surface area contributed by atoms with Crippen molar-refractivity contribution in [1.82, 2.24) is 4.57 Å². The molecular formula is C24H24F3NO4. The normalized spacial score (nSPS) is 12.1. The van der Waals surface area contributed by atoms with Crippen molar-refractivity contribution >= 4 is 22.7 Å². The Bertz CT molecular complexity index is 1140. The van der Waals surface area contributed by atoms with Crippen molar-refractivity contribution in [3.63, 3.8) is 0 Å². The van der Waals surface area contributed by atoms with Crippen molar-refractivity contribution in [3.05, 3.63) is 65.4 Å². The number of methoxy groups -OCH3 is 1. The molecule has 8 heteroatoms. The highest BCUT2D eigenvalue weighted by Crippen LogP contribution is 2.30. The number of alkyl halides is 3.